The Kier molecular flexibility index (Phi) is 1.71. The van der Waals surface area contributed by atoms with Crippen molar-refractivity contribution in [3.63, 3.8) is 0 Å². The molecule has 0 bridgehead atoms. The van der Waals surface area contributed by atoms with E-state index in [9.17, 15) is 8.78 Å². The molecule has 1 atom stereocenters. The fourth-order valence-electron chi connectivity index (χ4n) is 1.35. The first kappa shape index (κ1) is 7.53. The molecule has 1 aromatic rings. The Bertz CT molecular complexity index is 261. The Labute approximate surface area is 69.0 Å². The number of fused-ring (bicyclic) bond motifs is 1. The van der Waals surface area contributed by atoms with Gasteiger partial charge in [-0.05, 0) is 11.6 Å². The zero-order valence-electron chi connectivity index (χ0n) is 6.34. The van der Waals surface area contributed by atoms with Gasteiger partial charge in [-0.1, -0.05) is 18.2 Å². The number of ether oxygens (including phenoxy) is 1. The van der Waals surface area contributed by atoms with E-state index in [1.165, 1.54) is 0 Å². The van der Waals surface area contributed by atoms with Gasteiger partial charge in [0.15, 0.2) is 6.10 Å². The molecule has 2 rings (SSSR count). The fourth-order valence-corrected chi connectivity index (χ4v) is 1.35. The number of rotatable bonds is 1. The lowest BCUT2D eigenvalue weighted by Gasteiger charge is -2.07. The van der Waals surface area contributed by atoms with Crippen LogP contribution in [0, 0.1) is 0 Å². The molecule has 64 valence electrons. The number of halogens is 2. The molecule has 0 amide bonds. The molecule has 0 fully saturated rings. The zero-order chi connectivity index (χ0) is 8.55. The van der Waals surface area contributed by atoms with Gasteiger partial charge in [0.1, 0.15) is 5.75 Å². The Balaban J connectivity index is 2.22. The van der Waals surface area contributed by atoms with Crippen molar-refractivity contribution < 1.29 is 13.5 Å². The first-order valence-electron chi connectivity index (χ1n) is 3.80. The fraction of sp³-hybridized carbons (Fsp3) is 0.333. The zero-order valence-corrected chi connectivity index (χ0v) is 6.34. The minimum atomic E-state index is -2.39. The molecule has 1 nitrogen and oxygen atoms in total. The summed E-state index contributed by atoms with van der Waals surface area (Å²) in [7, 11) is 0. The Morgan fingerprint density at radius 1 is 1.33 bits per heavy atom. The summed E-state index contributed by atoms with van der Waals surface area (Å²) in [6, 6.07) is 7.15. The van der Waals surface area contributed by atoms with Crippen LogP contribution in [0.4, 0.5) is 8.78 Å². The molecule has 0 saturated carbocycles. The molecule has 0 radical (unpaired) electrons. The summed E-state index contributed by atoms with van der Waals surface area (Å²) in [5.41, 5.74) is 0.878. The highest BCUT2D eigenvalue weighted by Crippen LogP contribution is 2.30. The van der Waals surface area contributed by atoms with E-state index in [-0.39, 0.29) is 0 Å². The van der Waals surface area contributed by atoms with Gasteiger partial charge in [-0.2, -0.15) is 0 Å². The second kappa shape index (κ2) is 2.73. The molecule has 1 aromatic carbocycles. The van der Waals surface area contributed by atoms with Crippen LogP contribution in [0.1, 0.15) is 5.56 Å². The van der Waals surface area contributed by atoms with Crippen molar-refractivity contribution in [2.75, 3.05) is 0 Å². The second-order valence-corrected chi connectivity index (χ2v) is 2.80. The van der Waals surface area contributed by atoms with Crippen LogP contribution in [-0.2, 0) is 6.42 Å². The second-order valence-electron chi connectivity index (χ2n) is 2.80. The van der Waals surface area contributed by atoms with Gasteiger partial charge in [-0.3, -0.25) is 0 Å². The SMILES string of the molecule is FC(F)C1Cc2ccccc2O1. The van der Waals surface area contributed by atoms with Crippen molar-refractivity contribution in [1.82, 2.24) is 0 Å². The van der Waals surface area contributed by atoms with E-state index < -0.39 is 12.5 Å². The van der Waals surface area contributed by atoms with Crippen molar-refractivity contribution in [1.29, 1.82) is 0 Å². The van der Waals surface area contributed by atoms with Crippen molar-refractivity contribution in [3.8, 4) is 5.75 Å². The Morgan fingerprint density at radius 3 is 2.75 bits per heavy atom. The Morgan fingerprint density at radius 2 is 2.08 bits per heavy atom. The molecule has 1 aliphatic heterocycles. The standard InChI is InChI=1S/C9H8F2O/c10-9(11)8-5-6-3-1-2-4-7(6)12-8/h1-4,8-9H,5H2. The lowest BCUT2D eigenvalue weighted by Crippen LogP contribution is -2.22. The highest BCUT2D eigenvalue weighted by atomic mass is 19.3. The summed E-state index contributed by atoms with van der Waals surface area (Å²) in [5, 5.41) is 0. The minimum absolute atomic E-state index is 0.327. The predicted octanol–water partition coefficient (Wildman–Crippen LogP) is 2.26. The lowest BCUT2D eigenvalue weighted by atomic mass is 10.1. The maximum Gasteiger partial charge on any atom is 0.275 e. The number of hydrogen-bond acceptors (Lipinski definition) is 1. The number of hydrogen-bond donors (Lipinski definition) is 0. The largest absolute Gasteiger partial charge is 0.484 e. The highest BCUT2D eigenvalue weighted by molar-refractivity contribution is 5.37. The number of para-hydroxylation sites is 1. The van der Waals surface area contributed by atoms with Crippen molar-refractivity contribution in [2.24, 2.45) is 0 Å². The van der Waals surface area contributed by atoms with E-state index in [1.807, 2.05) is 12.1 Å². The van der Waals surface area contributed by atoms with E-state index in [1.54, 1.807) is 12.1 Å². The first-order chi connectivity index (χ1) is 5.77. The van der Waals surface area contributed by atoms with Crippen LogP contribution in [-0.4, -0.2) is 12.5 Å². The molecule has 0 aliphatic carbocycles. The van der Waals surface area contributed by atoms with Crippen LogP contribution in [0.15, 0.2) is 24.3 Å². The third-order valence-corrected chi connectivity index (χ3v) is 1.95. The van der Waals surface area contributed by atoms with Crippen LogP contribution in [0.25, 0.3) is 0 Å². The van der Waals surface area contributed by atoms with Crippen molar-refractivity contribution in [2.45, 2.75) is 19.0 Å². The molecule has 0 N–H and O–H groups in total. The van der Waals surface area contributed by atoms with Gasteiger partial charge in [0.25, 0.3) is 6.43 Å². The summed E-state index contributed by atoms with van der Waals surface area (Å²) < 4.78 is 29.4. The third-order valence-electron chi connectivity index (χ3n) is 1.95. The first-order valence-corrected chi connectivity index (χ1v) is 3.80. The van der Waals surface area contributed by atoms with Gasteiger partial charge in [-0.25, -0.2) is 8.78 Å². The quantitative estimate of drug-likeness (QED) is 0.628. The van der Waals surface area contributed by atoms with Crippen LogP contribution < -0.4 is 4.74 Å². The monoisotopic (exact) mass is 170 g/mol. The van der Waals surface area contributed by atoms with E-state index in [0.29, 0.717) is 12.2 Å². The number of alkyl halides is 2. The topological polar surface area (TPSA) is 9.23 Å². The summed E-state index contributed by atoms with van der Waals surface area (Å²) in [6.07, 6.45) is -3.01. The molecule has 0 aromatic heterocycles. The van der Waals surface area contributed by atoms with E-state index in [2.05, 4.69) is 0 Å². The molecule has 0 spiro atoms. The molecular weight excluding hydrogens is 162 g/mol. The van der Waals surface area contributed by atoms with Gasteiger partial charge in [0.2, 0.25) is 0 Å². The smallest absolute Gasteiger partial charge is 0.275 e. The third kappa shape index (κ3) is 1.15. The van der Waals surface area contributed by atoms with Gasteiger partial charge in [0.05, 0.1) is 0 Å². The normalized spacial score (nSPS) is 20.8. The van der Waals surface area contributed by atoms with Crippen LogP contribution >= 0.6 is 0 Å². The lowest BCUT2D eigenvalue weighted by molar-refractivity contribution is 0.0246. The molecule has 0 saturated heterocycles. The molecule has 1 aliphatic rings. The van der Waals surface area contributed by atoms with Crippen LogP contribution in [0.3, 0.4) is 0 Å². The predicted molar refractivity (Wildman–Crippen MR) is 40.6 cm³/mol. The molecule has 3 heteroatoms. The average molecular weight is 170 g/mol. The van der Waals surface area contributed by atoms with E-state index in [4.69, 9.17) is 4.74 Å². The molecule has 12 heavy (non-hydrogen) atoms. The van der Waals surface area contributed by atoms with Gasteiger partial charge >= 0.3 is 0 Å². The van der Waals surface area contributed by atoms with Crippen LogP contribution in [0.5, 0.6) is 5.75 Å². The Hall–Kier alpha value is -1.12. The van der Waals surface area contributed by atoms with E-state index >= 15 is 0 Å². The maximum atomic E-state index is 12.2. The van der Waals surface area contributed by atoms with Gasteiger partial charge < -0.3 is 4.74 Å². The summed E-state index contributed by atoms with van der Waals surface area (Å²) in [4.78, 5) is 0. The average Bonchev–Trinajstić information content (AvgIpc) is 2.46. The van der Waals surface area contributed by atoms with Gasteiger partial charge in [0, 0.05) is 6.42 Å². The van der Waals surface area contributed by atoms with Crippen molar-refractivity contribution in [3.05, 3.63) is 29.8 Å². The summed E-state index contributed by atoms with van der Waals surface area (Å²) in [6.45, 7) is 0. The van der Waals surface area contributed by atoms with E-state index in [0.717, 1.165) is 5.56 Å². The molecule has 1 unspecified atom stereocenters. The maximum absolute atomic E-state index is 12.2. The van der Waals surface area contributed by atoms with Crippen molar-refractivity contribution >= 4 is 0 Å². The summed E-state index contributed by atoms with van der Waals surface area (Å²) >= 11 is 0. The summed E-state index contributed by atoms with van der Waals surface area (Å²) in [5.74, 6) is 0.600. The minimum Gasteiger partial charge on any atom is -0.484 e. The molecule has 1 heterocycles. The number of benzene rings is 1. The highest BCUT2D eigenvalue weighted by Gasteiger charge is 2.29. The van der Waals surface area contributed by atoms with Gasteiger partial charge in [-0.15, -0.1) is 0 Å². The molecular formula is C9H8F2O. The van der Waals surface area contributed by atoms with Crippen LogP contribution in [0.2, 0.25) is 0 Å².